The lowest BCUT2D eigenvalue weighted by atomic mass is 10.3. The standard InChI is InChI=1S/C4H8BrClO2/c5-3(1-7)4(6)2-8/h3-4,7-8H,1-2H2. The topological polar surface area (TPSA) is 40.5 Å². The summed E-state index contributed by atoms with van der Waals surface area (Å²) in [6.07, 6.45) is 0. The molecule has 8 heavy (non-hydrogen) atoms. The van der Waals surface area contributed by atoms with Gasteiger partial charge in [-0.3, -0.25) is 0 Å². The fraction of sp³-hybridized carbons (Fsp3) is 1.00. The molecule has 0 radical (unpaired) electrons. The molecule has 0 spiro atoms. The molecule has 0 aliphatic carbocycles. The first-order chi connectivity index (χ1) is 3.72. The fourth-order valence-corrected chi connectivity index (χ4v) is 0.476. The van der Waals surface area contributed by atoms with Gasteiger partial charge in [-0.1, -0.05) is 15.9 Å². The van der Waals surface area contributed by atoms with E-state index in [4.69, 9.17) is 21.8 Å². The molecule has 0 amide bonds. The van der Waals surface area contributed by atoms with Gasteiger partial charge in [-0.05, 0) is 0 Å². The van der Waals surface area contributed by atoms with Crippen LogP contribution in [0.3, 0.4) is 0 Å². The highest BCUT2D eigenvalue weighted by Gasteiger charge is 2.12. The Morgan fingerprint density at radius 3 is 2.00 bits per heavy atom. The quantitative estimate of drug-likeness (QED) is 0.650. The van der Waals surface area contributed by atoms with Crippen molar-refractivity contribution < 1.29 is 10.2 Å². The number of aliphatic hydroxyl groups is 2. The van der Waals surface area contributed by atoms with Gasteiger partial charge in [0.15, 0.2) is 0 Å². The van der Waals surface area contributed by atoms with E-state index in [2.05, 4.69) is 15.9 Å². The van der Waals surface area contributed by atoms with Gasteiger partial charge < -0.3 is 10.2 Å². The SMILES string of the molecule is OCC(Cl)C(Br)CO. The van der Waals surface area contributed by atoms with E-state index in [1.165, 1.54) is 0 Å². The predicted molar refractivity (Wildman–Crippen MR) is 36.5 cm³/mol. The van der Waals surface area contributed by atoms with Gasteiger partial charge in [-0.15, -0.1) is 11.6 Å². The minimum Gasteiger partial charge on any atom is -0.395 e. The number of aliphatic hydroxyl groups excluding tert-OH is 2. The first-order valence-electron chi connectivity index (χ1n) is 2.22. The molecule has 0 aromatic rings. The number of halogens is 2. The highest BCUT2D eigenvalue weighted by molar-refractivity contribution is 9.09. The van der Waals surface area contributed by atoms with E-state index >= 15 is 0 Å². The lowest BCUT2D eigenvalue weighted by Crippen LogP contribution is -2.21. The van der Waals surface area contributed by atoms with Crippen LogP contribution in [-0.2, 0) is 0 Å². The minimum atomic E-state index is -0.389. The monoisotopic (exact) mass is 202 g/mol. The number of alkyl halides is 2. The van der Waals surface area contributed by atoms with Crippen molar-refractivity contribution in [2.24, 2.45) is 0 Å². The molecule has 0 bridgehead atoms. The Bertz CT molecular complexity index is 54.0. The van der Waals surface area contributed by atoms with Crippen molar-refractivity contribution in [1.29, 1.82) is 0 Å². The van der Waals surface area contributed by atoms with Gasteiger partial charge in [0, 0.05) is 0 Å². The van der Waals surface area contributed by atoms with Gasteiger partial charge in [0.25, 0.3) is 0 Å². The molecule has 0 rings (SSSR count). The Hall–Kier alpha value is 0.690. The van der Waals surface area contributed by atoms with Crippen LogP contribution in [0.5, 0.6) is 0 Å². The summed E-state index contributed by atoms with van der Waals surface area (Å²) in [7, 11) is 0. The Morgan fingerprint density at radius 2 is 1.88 bits per heavy atom. The molecule has 2 nitrogen and oxygen atoms in total. The Kier molecular flexibility index (Phi) is 4.95. The van der Waals surface area contributed by atoms with Crippen LogP contribution in [0.15, 0.2) is 0 Å². The van der Waals surface area contributed by atoms with E-state index < -0.39 is 0 Å². The summed E-state index contributed by atoms with van der Waals surface area (Å²) in [5.74, 6) is 0. The van der Waals surface area contributed by atoms with Gasteiger partial charge in [-0.25, -0.2) is 0 Å². The second kappa shape index (κ2) is 4.56. The summed E-state index contributed by atoms with van der Waals surface area (Å²) in [6.45, 7) is -0.160. The molecular formula is C4H8BrClO2. The molecule has 0 fully saturated rings. The zero-order valence-corrected chi connectivity index (χ0v) is 6.56. The maximum absolute atomic E-state index is 8.39. The van der Waals surface area contributed by atoms with Crippen molar-refractivity contribution in [2.75, 3.05) is 13.2 Å². The van der Waals surface area contributed by atoms with Gasteiger partial charge >= 0.3 is 0 Å². The predicted octanol–water partition coefficient (Wildman–Crippen LogP) is 0.342. The third-order valence-corrected chi connectivity index (χ3v) is 2.42. The van der Waals surface area contributed by atoms with Crippen molar-refractivity contribution in [3.63, 3.8) is 0 Å². The van der Waals surface area contributed by atoms with E-state index in [0.717, 1.165) is 0 Å². The summed E-state index contributed by atoms with van der Waals surface area (Å²) in [4.78, 5) is -0.200. The second-order valence-electron chi connectivity index (χ2n) is 1.40. The van der Waals surface area contributed by atoms with E-state index in [9.17, 15) is 0 Å². The van der Waals surface area contributed by atoms with Gasteiger partial charge in [0.2, 0.25) is 0 Å². The average molecular weight is 203 g/mol. The van der Waals surface area contributed by atoms with E-state index in [1.807, 2.05) is 0 Å². The molecule has 0 aromatic heterocycles. The third kappa shape index (κ3) is 2.87. The summed E-state index contributed by atoms with van der Waals surface area (Å²) in [6, 6.07) is 0. The van der Waals surface area contributed by atoms with Gasteiger partial charge in [0.1, 0.15) is 0 Å². The molecule has 0 saturated heterocycles. The lowest BCUT2D eigenvalue weighted by molar-refractivity contribution is 0.252. The summed E-state index contributed by atoms with van der Waals surface area (Å²) < 4.78 is 0. The normalized spacial score (nSPS) is 18.0. The molecule has 50 valence electrons. The van der Waals surface area contributed by atoms with Crippen molar-refractivity contribution in [3.05, 3.63) is 0 Å². The Labute approximate surface area is 61.6 Å². The summed E-state index contributed by atoms with van der Waals surface area (Å²) >= 11 is 8.52. The van der Waals surface area contributed by atoms with Crippen LogP contribution in [0.4, 0.5) is 0 Å². The van der Waals surface area contributed by atoms with Crippen LogP contribution in [0.2, 0.25) is 0 Å². The highest BCUT2D eigenvalue weighted by atomic mass is 79.9. The van der Waals surface area contributed by atoms with Crippen LogP contribution in [0.25, 0.3) is 0 Å². The molecule has 2 atom stereocenters. The Morgan fingerprint density at radius 1 is 1.38 bits per heavy atom. The fourth-order valence-electron chi connectivity index (χ4n) is 0.229. The van der Waals surface area contributed by atoms with Gasteiger partial charge in [-0.2, -0.15) is 0 Å². The summed E-state index contributed by atoms with van der Waals surface area (Å²) in [5.41, 5.74) is 0. The maximum Gasteiger partial charge on any atom is 0.0714 e. The molecule has 2 unspecified atom stereocenters. The molecule has 0 aliphatic heterocycles. The lowest BCUT2D eigenvalue weighted by Gasteiger charge is -2.08. The van der Waals surface area contributed by atoms with Gasteiger partial charge in [0.05, 0.1) is 23.4 Å². The van der Waals surface area contributed by atoms with Crippen LogP contribution in [0.1, 0.15) is 0 Å². The molecule has 2 N–H and O–H groups in total. The van der Waals surface area contributed by atoms with E-state index in [-0.39, 0.29) is 23.4 Å². The van der Waals surface area contributed by atoms with E-state index in [0.29, 0.717) is 0 Å². The minimum absolute atomic E-state index is 0.0469. The third-order valence-electron chi connectivity index (χ3n) is 0.741. The van der Waals surface area contributed by atoms with Crippen LogP contribution >= 0.6 is 27.5 Å². The molecule has 0 aliphatic rings. The zero-order chi connectivity index (χ0) is 6.57. The smallest absolute Gasteiger partial charge is 0.0714 e. The number of rotatable bonds is 3. The first-order valence-corrected chi connectivity index (χ1v) is 3.57. The van der Waals surface area contributed by atoms with Crippen LogP contribution in [0, 0.1) is 0 Å². The Balaban J connectivity index is 3.29. The van der Waals surface area contributed by atoms with Crippen molar-refractivity contribution in [2.45, 2.75) is 10.2 Å². The summed E-state index contributed by atoms with van der Waals surface area (Å²) in [5, 5.41) is 16.4. The van der Waals surface area contributed by atoms with Crippen molar-refractivity contribution in [1.82, 2.24) is 0 Å². The van der Waals surface area contributed by atoms with E-state index in [1.54, 1.807) is 0 Å². The highest BCUT2D eigenvalue weighted by Crippen LogP contribution is 2.09. The van der Waals surface area contributed by atoms with Crippen LogP contribution in [-0.4, -0.2) is 33.6 Å². The second-order valence-corrected chi connectivity index (χ2v) is 3.13. The number of hydrogen-bond donors (Lipinski definition) is 2. The average Bonchev–Trinajstić information content (AvgIpc) is 1.84. The molecule has 4 heteroatoms. The van der Waals surface area contributed by atoms with Crippen molar-refractivity contribution in [3.8, 4) is 0 Å². The van der Waals surface area contributed by atoms with Crippen LogP contribution < -0.4 is 0 Å². The molecule has 0 heterocycles. The maximum atomic E-state index is 8.39. The first kappa shape index (κ1) is 8.69. The number of hydrogen-bond acceptors (Lipinski definition) is 2. The largest absolute Gasteiger partial charge is 0.395 e. The zero-order valence-electron chi connectivity index (χ0n) is 4.22. The molecular weight excluding hydrogens is 195 g/mol. The van der Waals surface area contributed by atoms with Crippen molar-refractivity contribution >= 4 is 27.5 Å². The molecule has 0 aromatic carbocycles. The molecule has 0 saturated carbocycles.